The molecule has 0 saturated heterocycles. The number of aromatic nitrogens is 3. The molecule has 0 aromatic carbocycles. The van der Waals surface area contributed by atoms with Crippen LogP contribution in [0.1, 0.15) is 0 Å². The highest BCUT2D eigenvalue weighted by Gasteiger charge is 2.10. The Hall–Kier alpha value is -1.28. The number of aliphatic carboxylic acids is 1. The SMILES string of the molecule is O=C(O)CSc1nnc(-c2ccc(Br)o2)[nH]1. The minimum Gasteiger partial charge on any atom is -0.481 e. The Kier molecular flexibility index (Phi) is 3.30. The molecular formula is C8H6BrN3O3S. The summed E-state index contributed by atoms with van der Waals surface area (Å²) in [5.74, 6) is 0.0556. The van der Waals surface area contributed by atoms with Crippen molar-refractivity contribution in [2.75, 3.05) is 5.75 Å². The van der Waals surface area contributed by atoms with E-state index in [1.54, 1.807) is 12.1 Å². The van der Waals surface area contributed by atoms with Crippen molar-refractivity contribution in [1.29, 1.82) is 0 Å². The van der Waals surface area contributed by atoms with Gasteiger partial charge in [-0.05, 0) is 28.1 Å². The summed E-state index contributed by atoms with van der Waals surface area (Å²) in [5, 5.41) is 16.6. The Morgan fingerprint density at radius 2 is 2.38 bits per heavy atom. The van der Waals surface area contributed by atoms with Gasteiger partial charge in [0.05, 0.1) is 5.75 Å². The highest BCUT2D eigenvalue weighted by atomic mass is 79.9. The second-order valence-electron chi connectivity index (χ2n) is 2.76. The van der Waals surface area contributed by atoms with E-state index in [1.165, 1.54) is 0 Å². The van der Waals surface area contributed by atoms with Crippen LogP contribution in [0.5, 0.6) is 0 Å². The molecule has 2 aromatic rings. The molecule has 0 aliphatic carbocycles. The van der Waals surface area contributed by atoms with Gasteiger partial charge in [-0.15, -0.1) is 10.2 Å². The van der Waals surface area contributed by atoms with E-state index in [2.05, 4.69) is 31.1 Å². The Morgan fingerprint density at radius 1 is 1.56 bits per heavy atom. The maximum atomic E-state index is 10.3. The summed E-state index contributed by atoms with van der Waals surface area (Å²) in [4.78, 5) is 13.2. The van der Waals surface area contributed by atoms with Gasteiger partial charge < -0.3 is 14.5 Å². The molecule has 2 rings (SSSR count). The first-order chi connectivity index (χ1) is 7.65. The van der Waals surface area contributed by atoms with Crippen molar-refractivity contribution in [2.45, 2.75) is 5.16 Å². The van der Waals surface area contributed by atoms with E-state index in [4.69, 9.17) is 9.52 Å². The molecule has 0 amide bonds. The number of nitrogens with one attached hydrogen (secondary N) is 1. The van der Waals surface area contributed by atoms with Gasteiger partial charge in [-0.1, -0.05) is 11.8 Å². The van der Waals surface area contributed by atoms with Crippen LogP contribution in [0, 0.1) is 0 Å². The highest BCUT2D eigenvalue weighted by molar-refractivity contribution is 9.10. The van der Waals surface area contributed by atoms with Crippen LogP contribution in [0.15, 0.2) is 26.4 Å². The lowest BCUT2D eigenvalue weighted by Crippen LogP contribution is -1.97. The number of thioether (sulfide) groups is 1. The molecule has 2 N–H and O–H groups in total. The second kappa shape index (κ2) is 4.71. The van der Waals surface area contributed by atoms with E-state index in [0.29, 0.717) is 21.4 Å². The van der Waals surface area contributed by atoms with E-state index in [-0.39, 0.29) is 5.75 Å². The summed E-state index contributed by atoms with van der Waals surface area (Å²) < 4.78 is 5.86. The number of carbonyl (C=O) groups is 1. The topological polar surface area (TPSA) is 92.0 Å². The van der Waals surface area contributed by atoms with Crippen LogP contribution in [0.25, 0.3) is 11.6 Å². The molecule has 0 saturated carbocycles. The molecule has 2 aromatic heterocycles. The number of rotatable bonds is 4. The number of hydrogen-bond donors (Lipinski definition) is 2. The molecule has 2 heterocycles. The second-order valence-corrected chi connectivity index (χ2v) is 4.51. The van der Waals surface area contributed by atoms with Crippen LogP contribution < -0.4 is 0 Å². The van der Waals surface area contributed by atoms with Crippen molar-refractivity contribution in [3.05, 3.63) is 16.8 Å². The first-order valence-electron chi connectivity index (χ1n) is 4.18. The third-order valence-corrected chi connectivity index (χ3v) is 2.88. The lowest BCUT2D eigenvalue weighted by molar-refractivity contribution is -0.133. The predicted octanol–water partition coefficient (Wildman–Crippen LogP) is 2.00. The molecule has 0 radical (unpaired) electrons. The lowest BCUT2D eigenvalue weighted by Gasteiger charge is -1.90. The number of H-pyrrole nitrogens is 1. The number of carboxylic acid groups (broad SMARTS) is 1. The molecule has 0 unspecified atom stereocenters. The molecule has 0 bridgehead atoms. The molecular weight excluding hydrogens is 298 g/mol. The smallest absolute Gasteiger partial charge is 0.313 e. The van der Waals surface area contributed by atoms with Crippen LogP contribution in [0.2, 0.25) is 0 Å². The normalized spacial score (nSPS) is 10.6. The lowest BCUT2D eigenvalue weighted by atomic mass is 10.4. The minimum atomic E-state index is -0.899. The Balaban J connectivity index is 2.10. The molecule has 0 fully saturated rings. The third-order valence-electron chi connectivity index (χ3n) is 1.61. The summed E-state index contributed by atoms with van der Waals surface area (Å²) in [7, 11) is 0. The van der Waals surface area contributed by atoms with Crippen LogP contribution in [0.4, 0.5) is 0 Å². The van der Waals surface area contributed by atoms with Crippen LogP contribution in [-0.4, -0.2) is 32.0 Å². The average molecular weight is 304 g/mol. The first kappa shape index (κ1) is 11.2. The van der Waals surface area contributed by atoms with Gasteiger partial charge in [0, 0.05) is 0 Å². The largest absolute Gasteiger partial charge is 0.481 e. The Morgan fingerprint density at radius 3 is 3.00 bits per heavy atom. The zero-order chi connectivity index (χ0) is 11.5. The monoisotopic (exact) mass is 303 g/mol. The summed E-state index contributed by atoms with van der Waals surface area (Å²) in [5.41, 5.74) is 0. The molecule has 84 valence electrons. The molecule has 8 heteroatoms. The van der Waals surface area contributed by atoms with Crippen molar-refractivity contribution < 1.29 is 14.3 Å². The van der Waals surface area contributed by atoms with Gasteiger partial charge in [-0.25, -0.2) is 0 Å². The summed E-state index contributed by atoms with van der Waals surface area (Å²) in [6.07, 6.45) is 0. The van der Waals surface area contributed by atoms with Crippen molar-refractivity contribution >= 4 is 33.7 Å². The van der Waals surface area contributed by atoms with Crippen LogP contribution >= 0.6 is 27.7 Å². The standard InChI is InChI=1S/C8H6BrN3O3S/c9-5-2-1-4(15-5)7-10-8(12-11-7)16-3-6(13)14/h1-2H,3H2,(H,13,14)(H,10,11,12). The zero-order valence-corrected chi connectivity index (χ0v) is 10.2. The summed E-state index contributed by atoms with van der Waals surface area (Å²) in [6, 6.07) is 3.47. The van der Waals surface area contributed by atoms with Crippen LogP contribution in [0.3, 0.4) is 0 Å². The predicted molar refractivity (Wildman–Crippen MR) is 60.1 cm³/mol. The number of nitrogens with zero attached hydrogens (tertiary/aromatic N) is 2. The van der Waals surface area contributed by atoms with E-state index in [9.17, 15) is 4.79 Å². The molecule has 16 heavy (non-hydrogen) atoms. The average Bonchev–Trinajstić information content (AvgIpc) is 2.83. The fraction of sp³-hybridized carbons (Fsp3) is 0.125. The van der Waals surface area contributed by atoms with Gasteiger partial charge in [0.2, 0.25) is 0 Å². The fourth-order valence-corrected chi connectivity index (χ4v) is 1.83. The third kappa shape index (κ3) is 2.64. The van der Waals surface area contributed by atoms with Gasteiger partial charge in [0.15, 0.2) is 21.4 Å². The van der Waals surface area contributed by atoms with Gasteiger partial charge in [-0.3, -0.25) is 4.79 Å². The van der Waals surface area contributed by atoms with E-state index in [0.717, 1.165) is 11.8 Å². The number of hydrogen-bond acceptors (Lipinski definition) is 5. The van der Waals surface area contributed by atoms with E-state index >= 15 is 0 Å². The highest BCUT2D eigenvalue weighted by Crippen LogP contribution is 2.23. The fourth-order valence-electron chi connectivity index (χ4n) is 0.994. The van der Waals surface area contributed by atoms with Gasteiger partial charge in [-0.2, -0.15) is 0 Å². The van der Waals surface area contributed by atoms with Gasteiger partial charge >= 0.3 is 5.97 Å². The molecule has 0 aliphatic rings. The van der Waals surface area contributed by atoms with Crippen molar-refractivity contribution in [2.24, 2.45) is 0 Å². The summed E-state index contributed by atoms with van der Waals surface area (Å²) >= 11 is 4.24. The van der Waals surface area contributed by atoms with Crippen molar-refractivity contribution in [3.8, 4) is 11.6 Å². The molecule has 0 atom stereocenters. The Bertz CT molecular complexity index is 510. The Labute approximate surface area is 103 Å². The maximum Gasteiger partial charge on any atom is 0.313 e. The van der Waals surface area contributed by atoms with Crippen molar-refractivity contribution in [3.63, 3.8) is 0 Å². The van der Waals surface area contributed by atoms with E-state index in [1.807, 2.05) is 0 Å². The van der Waals surface area contributed by atoms with Gasteiger partial charge in [0.25, 0.3) is 0 Å². The number of furan rings is 1. The molecule has 6 nitrogen and oxygen atoms in total. The number of aromatic amines is 1. The first-order valence-corrected chi connectivity index (χ1v) is 5.96. The van der Waals surface area contributed by atoms with Crippen LogP contribution in [-0.2, 0) is 4.79 Å². The summed E-state index contributed by atoms with van der Waals surface area (Å²) in [6.45, 7) is 0. The zero-order valence-electron chi connectivity index (χ0n) is 7.81. The number of carboxylic acids is 1. The maximum absolute atomic E-state index is 10.3. The molecule has 0 spiro atoms. The van der Waals surface area contributed by atoms with Crippen molar-refractivity contribution in [1.82, 2.24) is 15.2 Å². The quantitative estimate of drug-likeness (QED) is 0.839. The number of halogens is 1. The molecule has 0 aliphatic heterocycles. The van der Waals surface area contributed by atoms with E-state index < -0.39 is 5.97 Å². The van der Waals surface area contributed by atoms with Gasteiger partial charge in [0.1, 0.15) is 0 Å². The minimum absolute atomic E-state index is 0.0590.